The van der Waals surface area contributed by atoms with Gasteiger partial charge in [0.15, 0.2) is 0 Å². The highest BCUT2D eigenvalue weighted by Crippen LogP contribution is 2.30. The van der Waals surface area contributed by atoms with Crippen molar-refractivity contribution in [3.63, 3.8) is 0 Å². The molecule has 0 bridgehead atoms. The van der Waals surface area contributed by atoms with E-state index in [0.29, 0.717) is 12.0 Å². The van der Waals surface area contributed by atoms with Crippen molar-refractivity contribution < 1.29 is 13.2 Å². The van der Waals surface area contributed by atoms with Gasteiger partial charge in [0.2, 0.25) is 0 Å². The van der Waals surface area contributed by atoms with E-state index in [9.17, 15) is 13.2 Å². The Hall–Kier alpha value is -0.290. The number of halogens is 3. The molecule has 2 atom stereocenters. The van der Waals surface area contributed by atoms with Crippen molar-refractivity contribution in [2.45, 2.75) is 44.3 Å². The van der Waals surface area contributed by atoms with Crippen LogP contribution < -0.4 is 5.32 Å². The van der Waals surface area contributed by atoms with Crippen LogP contribution in [0, 0.1) is 5.92 Å². The van der Waals surface area contributed by atoms with Gasteiger partial charge in [0.25, 0.3) is 0 Å². The number of rotatable bonds is 3. The van der Waals surface area contributed by atoms with Gasteiger partial charge in [-0.3, -0.25) is 4.90 Å². The summed E-state index contributed by atoms with van der Waals surface area (Å²) in [5.41, 5.74) is 0. The monoisotopic (exact) mass is 250 g/mol. The van der Waals surface area contributed by atoms with Gasteiger partial charge in [-0.25, -0.2) is 0 Å². The zero-order valence-corrected chi connectivity index (χ0v) is 10.1. The molecular formula is C12H21F3N2. The van der Waals surface area contributed by atoms with E-state index in [1.54, 1.807) is 0 Å². The molecule has 2 fully saturated rings. The van der Waals surface area contributed by atoms with Gasteiger partial charge in [0, 0.05) is 12.6 Å². The fourth-order valence-electron chi connectivity index (χ4n) is 3.14. The van der Waals surface area contributed by atoms with E-state index in [4.69, 9.17) is 0 Å². The lowest BCUT2D eigenvalue weighted by atomic mass is 9.90. The molecule has 0 spiro atoms. The summed E-state index contributed by atoms with van der Waals surface area (Å²) in [5, 5.41) is 3.36. The van der Waals surface area contributed by atoms with Crippen molar-refractivity contribution in [3.05, 3.63) is 0 Å². The van der Waals surface area contributed by atoms with Crippen LogP contribution >= 0.6 is 0 Å². The molecule has 17 heavy (non-hydrogen) atoms. The van der Waals surface area contributed by atoms with Gasteiger partial charge in [-0.05, 0) is 51.2 Å². The summed E-state index contributed by atoms with van der Waals surface area (Å²) in [7, 11) is 0. The molecule has 2 rings (SSSR count). The molecule has 0 aromatic carbocycles. The maximum atomic E-state index is 12.2. The van der Waals surface area contributed by atoms with Gasteiger partial charge in [-0.1, -0.05) is 0 Å². The van der Waals surface area contributed by atoms with Crippen LogP contribution in [0.4, 0.5) is 13.2 Å². The minimum atomic E-state index is -4.02. The minimum Gasteiger partial charge on any atom is -0.316 e. The molecule has 5 heteroatoms. The van der Waals surface area contributed by atoms with Crippen molar-refractivity contribution in [1.82, 2.24) is 10.2 Å². The maximum Gasteiger partial charge on any atom is 0.390 e. The van der Waals surface area contributed by atoms with E-state index in [-0.39, 0.29) is 6.54 Å². The first-order valence-electron chi connectivity index (χ1n) is 6.58. The van der Waals surface area contributed by atoms with Crippen molar-refractivity contribution >= 4 is 0 Å². The van der Waals surface area contributed by atoms with Gasteiger partial charge in [-0.15, -0.1) is 0 Å². The standard InChI is InChI=1S/C12H21F3N2/c13-12(14,15)5-8-17-7-2-4-11(17)10-3-1-6-16-9-10/h10-11,16H,1-9H2. The van der Waals surface area contributed by atoms with Crippen molar-refractivity contribution in [3.8, 4) is 0 Å². The molecule has 0 radical (unpaired) electrons. The zero-order valence-electron chi connectivity index (χ0n) is 10.1. The Morgan fingerprint density at radius 1 is 1.18 bits per heavy atom. The van der Waals surface area contributed by atoms with Crippen LogP contribution in [0.3, 0.4) is 0 Å². The normalized spacial score (nSPS) is 31.9. The van der Waals surface area contributed by atoms with Crippen LogP contribution in [0.2, 0.25) is 0 Å². The highest BCUT2D eigenvalue weighted by atomic mass is 19.4. The van der Waals surface area contributed by atoms with Crippen LogP contribution in [-0.2, 0) is 0 Å². The summed E-state index contributed by atoms with van der Waals surface area (Å²) in [5.74, 6) is 0.555. The largest absolute Gasteiger partial charge is 0.390 e. The molecule has 0 aromatic heterocycles. The molecular weight excluding hydrogens is 229 g/mol. The second-order valence-electron chi connectivity index (χ2n) is 5.22. The fraction of sp³-hybridized carbons (Fsp3) is 1.00. The number of piperidine rings is 1. The van der Waals surface area contributed by atoms with Gasteiger partial charge in [0.05, 0.1) is 6.42 Å². The SMILES string of the molecule is FC(F)(F)CCN1CCCC1C1CCCNC1. The summed E-state index contributed by atoms with van der Waals surface area (Å²) in [6, 6.07) is 0.380. The Balaban J connectivity index is 1.83. The third-order valence-corrected chi connectivity index (χ3v) is 3.98. The lowest BCUT2D eigenvalue weighted by molar-refractivity contribution is -0.138. The Bertz CT molecular complexity index is 236. The Labute approximate surface area is 101 Å². The number of hydrogen-bond donors (Lipinski definition) is 1. The Morgan fingerprint density at radius 3 is 2.65 bits per heavy atom. The minimum absolute atomic E-state index is 0.185. The number of hydrogen-bond acceptors (Lipinski definition) is 2. The average molecular weight is 250 g/mol. The van der Waals surface area contributed by atoms with Crippen LogP contribution in [0.15, 0.2) is 0 Å². The summed E-state index contributed by atoms with van der Waals surface area (Å²) in [6.45, 7) is 3.07. The maximum absolute atomic E-state index is 12.2. The number of alkyl halides is 3. The third kappa shape index (κ3) is 3.85. The van der Waals surface area contributed by atoms with Crippen molar-refractivity contribution in [1.29, 1.82) is 0 Å². The smallest absolute Gasteiger partial charge is 0.316 e. The Kier molecular flexibility index (Phi) is 4.31. The van der Waals surface area contributed by atoms with E-state index in [0.717, 1.165) is 38.9 Å². The summed E-state index contributed by atoms with van der Waals surface area (Å²) in [6.07, 6.45) is -0.223. The molecule has 0 aliphatic carbocycles. The van der Waals surface area contributed by atoms with Gasteiger partial charge in [-0.2, -0.15) is 13.2 Å². The zero-order chi connectivity index (χ0) is 12.3. The van der Waals surface area contributed by atoms with Crippen LogP contribution in [0.25, 0.3) is 0 Å². The lowest BCUT2D eigenvalue weighted by Gasteiger charge is -2.34. The molecule has 2 aliphatic rings. The second-order valence-corrected chi connectivity index (χ2v) is 5.22. The topological polar surface area (TPSA) is 15.3 Å². The highest BCUT2D eigenvalue weighted by Gasteiger charge is 2.35. The van der Waals surface area contributed by atoms with Gasteiger partial charge >= 0.3 is 6.18 Å². The van der Waals surface area contributed by atoms with Gasteiger partial charge in [0.1, 0.15) is 0 Å². The predicted octanol–water partition coefficient (Wildman–Crippen LogP) is 2.40. The number of nitrogens with one attached hydrogen (secondary N) is 1. The van der Waals surface area contributed by atoms with E-state index in [1.165, 1.54) is 6.42 Å². The first-order valence-corrected chi connectivity index (χ1v) is 6.58. The molecule has 2 aliphatic heterocycles. The predicted molar refractivity (Wildman–Crippen MR) is 60.9 cm³/mol. The van der Waals surface area contributed by atoms with E-state index < -0.39 is 12.6 Å². The molecule has 0 saturated carbocycles. The molecule has 0 aromatic rings. The summed E-state index contributed by atoms with van der Waals surface area (Å²) < 4.78 is 36.7. The van der Waals surface area contributed by atoms with Crippen molar-refractivity contribution in [2.75, 3.05) is 26.2 Å². The summed E-state index contributed by atoms with van der Waals surface area (Å²) >= 11 is 0. The average Bonchev–Trinajstić information content (AvgIpc) is 2.75. The molecule has 2 saturated heterocycles. The molecule has 0 amide bonds. The van der Waals surface area contributed by atoms with E-state index >= 15 is 0 Å². The fourth-order valence-corrected chi connectivity index (χ4v) is 3.14. The molecule has 2 unspecified atom stereocenters. The quantitative estimate of drug-likeness (QED) is 0.827. The number of likely N-dealkylation sites (tertiary alicyclic amines) is 1. The highest BCUT2D eigenvalue weighted by molar-refractivity contribution is 4.88. The van der Waals surface area contributed by atoms with Gasteiger partial charge < -0.3 is 5.32 Å². The first-order chi connectivity index (χ1) is 8.06. The second kappa shape index (κ2) is 5.57. The molecule has 100 valence electrons. The number of nitrogens with zero attached hydrogens (tertiary/aromatic N) is 1. The molecule has 1 N–H and O–H groups in total. The molecule has 2 heterocycles. The Morgan fingerprint density at radius 2 is 2.00 bits per heavy atom. The van der Waals surface area contributed by atoms with Crippen LogP contribution in [0.1, 0.15) is 32.1 Å². The molecule has 2 nitrogen and oxygen atoms in total. The van der Waals surface area contributed by atoms with E-state index in [1.807, 2.05) is 0 Å². The third-order valence-electron chi connectivity index (χ3n) is 3.98. The van der Waals surface area contributed by atoms with Crippen LogP contribution in [0.5, 0.6) is 0 Å². The first kappa shape index (κ1) is 13.1. The van der Waals surface area contributed by atoms with Crippen LogP contribution in [-0.4, -0.2) is 43.3 Å². The van der Waals surface area contributed by atoms with Crippen molar-refractivity contribution in [2.24, 2.45) is 5.92 Å². The van der Waals surface area contributed by atoms with E-state index in [2.05, 4.69) is 10.2 Å². The summed E-state index contributed by atoms with van der Waals surface area (Å²) in [4.78, 5) is 2.06. The lowest BCUT2D eigenvalue weighted by Crippen LogP contribution is -2.44.